The van der Waals surface area contributed by atoms with Gasteiger partial charge in [0.1, 0.15) is 5.69 Å². The molecule has 1 aliphatic heterocycles. The van der Waals surface area contributed by atoms with Gasteiger partial charge in [-0.15, -0.1) is 0 Å². The molecule has 3 rings (SSSR count). The first kappa shape index (κ1) is 12.5. The molecule has 1 fully saturated rings. The van der Waals surface area contributed by atoms with Gasteiger partial charge >= 0.3 is 5.97 Å². The van der Waals surface area contributed by atoms with Crippen molar-refractivity contribution in [1.82, 2.24) is 19.3 Å². The molecule has 0 bridgehead atoms. The maximum absolute atomic E-state index is 12.4. The number of aromatic nitrogens is 3. The highest BCUT2D eigenvalue weighted by atomic mass is 16.5. The summed E-state index contributed by atoms with van der Waals surface area (Å²) in [6.45, 7) is 0.547. The number of carbonyl (C=O) groups is 2. The standard InChI is InChI=1S/C12H12N4O4/c17-10(16-4-5-20-7-9(16)11(18)19)8-6-15-3-1-2-13-12(15)14-8/h1-3,6,9H,4-5,7H2,(H,18,19). The van der Waals surface area contributed by atoms with Crippen molar-refractivity contribution < 1.29 is 19.4 Å². The number of carboxylic acids is 1. The fourth-order valence-electron chi connectivity index (χ4n) is 2.13. The van der Waals surface area contributed by atoms with Crippen LogP contribution in [0.5, 0.6) is 0 Å². The first-order valence-electron chi connectivity index (χ1n) is 6.08. The monoisotopic (exact) mass is 276 g/mol. The fraction of sp³-hybridized carbons (Fsp3) is 0.333. The van der Waals surface area contributed by atoms with E-state index in [4.69, 9.17) is 9.84 Å². The second-order valence-corrected chi connectivity index (χ2v) is 4.38. The fourth-order valence-corrected chi connectivity index (χ4v) is 2.13. The van der Waals surface area contributed by atoms with Crippen molar-refractivity contribution in [3.8, 4) is 0 Å². The number of hydrogen-bond donors (Lipinski definition) is 1. The van der Waals surface area contributed by atoms with Gasteiger partial charge in [0.05, 0.1) is 13.2 Å². The van der Waals surface area contributed by atoms with Gasteiger partial charge in [0.2, 0.25) is 5.78 Å². The van der Waals surface area contributed by atoms with Crippen molar-refractivity contribution in [3.63, 3.8) is 0 Å². The summed E-state index contributed by atoms with van der Waals surface area (Å²) in [6.07, 6.45) is 4.84. The number of aliphatic carboxylic acids is 1. The van der Waals surface area contributed by atoms with E-state index >= 15 is 0 Å². The van der Waals surface area contributed by atoms with Gasteiger partial charge in [0, 0.05) is 25.1 Å². The van der Waals surface area contributed by atoms with Crippen molar-refractivity contribution >= 4 is 17.7 Å². The van der Waals surface area contributed by atoms with Crippen LogP contribution < -0.4 is 0 Å². The number of imidazole rings is 1. The van der Waals surface area contributed by atoms with Crippen LogP contribution in [0.1, 0.15) is 10.5 Å². The summed E-state index contributed by atoms with van der Waals surface area (Å²) in [4.78, 5) is 33.0. The lowest BCUT2D eigenvalue weighted by Gasteiger charge is -2.32. The summed E-state index contributed by atoms with van der Waals surface area (Å²) in [5, 5.41) is 9.13. The number of fused-ring (bicyclic) bond motifs is 1. The SMILES string of the molecule is O=C(O)C1COCCN1C(=O)c1cn2cccnc2n1. The number of carboxylic acid groups (broad SMARTS) is 1. The van der Waals surface area contributed by atoms with Crippen LogP contribution in [0.15, 0.2) is 24.7 Å². The summed E-state index contributed by atoms with van der Waals surface area (Å²) in [5.74, 6) is -1.11. The largest absolute Gasteiger partial charge is 0.480 e. The molecule has 2 aromatic rings. The van der Waals surface area contributed by atoms with Crippen molar-refractivity contribution in [1.29, 1.82) is 0 Å². The van der Waals surface area contributed by atoms with Gasteiger partial charge < -0.3 is 14.7 Å². The second kappa shape index (κ2) is 4.89. The van der Waals surface area contributed by atoms with Gasteiger partial charge in [0.25, 0.3) is 5.91 Å². The van der Waals surface area contributed by atoms with Gasteiger partial charge in [-0.3, -0.25) is 9.20 Å². The van der Waals surface area contributed by atoms with Gasteiger partial charge in [-0.2, -0.15) is 0 Å². The summed E-state index contributed by atoms with van der Waals surface area (Å²) in [6, 6.07) is 0.742. The van der Waals surface area contributed by atoms with E-state index in [-0.39, 0.29) is 18.8 Å². The molecular formula is C12H12N4O4. The molecule has 3 heterocycles. The first-order chi connectivity index (χ1) is 9.66. The van der Waals surface area contributed by atoms with E-state index in [1.54, 1.807) is 29.1 Å². The highest BCUT2D eigenvalue weighted by Gasteiger charge is 2.34. The average Bonchev–Trinajstić information content (AvgIpc) is 2.90. The van der Waals surface area contributed by atoms with E-state index in [9.17, 15) is 9.59 Å². The number of nitrogens with zero attached hydrogens (tertiary/aromatic N) is 4. The molecule has 2 aromatic heterocycles. The molecule has 8 nitrogen and oxygen atoms in total. The quantitative estimate of drug-likeness (QED) is 0.805. The molecule has 0 aromatic carbocycles. The van der Waals surface area contributed by atoms with Crippen LogP contribution in [0, 0.1) is 0 Å². The second-order valence-electron chi connectivity index (χ2n) is 4.38. The molecule has 20 heavy (non-hydrogen) atoms. The molecule has 1 N–H and O–H groups in total. The number of carbonyl (C=O) groups excluding carboxylic acids is 1. The Morgan fingerprint density at radius 3 is 3.05 bits per heavy atom. The molecule has 104 valence electrons. The minimum absolute atomic E-state index is 0.00725. The van der Waals surface area contributed by atoms with E-state index in [1.807, 2.05) is 0 Å². The molecule has 0 radical (unpaired) electrons. The Morgan fingerprint density at radius 1 is 1.45 bits per heavy atom. The normalized spacial score (nSPS) is 19.2. The van der Waals surface area contributed by atoms with E-state index in [2.05, 4.69) is 9.97 Å². The van der Waals surface area contributed by atoms with Crippen LogP contribution >= 0.6 is 0 Å². The third-order valence-corrected chi connectivity index (χ3v) is 3.13. The third-order valence-electron chi connectivity index (χ3n) is 3.13. The zero-order valence-electron chi connectivity index (χ0n) is 10.5. The molecule has 0 saturated carbocycles. The molecule has 1 amide bonds. The maximum Gasteiger partial charge on any atom is 0.328 e. The lowest BCUT2D eigenvalue weighted by atomic mass is 10.2. The molecule has 0 aliphatic carbocycles. The average molecular weight is 276 g/mol. The van der Waals surface area contributed by atoms with Crippen molar-refractivity contribution in [2.75, 3.05) is 19.8 Å². The smallest absolute Gasteiger partial charge is 0.328 e. The minimum atomic E-state index is -1.08. The highest BCUT2D eigenvalue weighted by Crippen LogP contribution is 2.13. The number of rotatable bonds is 2. The number of amides is 1. The Hall–Kier alpha value is -2.48. The molecule has 1 saturated heterocycles. The van der Waals surface area contributed by atoms with Gasteiger partial charge in [-0.05, 0) is 6.07 Å². The van der Waals surface area contributed by atoms with Crippen LogP contribution in [0.2, 0.25) is 0 Å². The van der Waals surface area contributed by atoms with Crippen LogP contribution in [0.4, 0.5) is 0 Å². The van der Waals surface area contributed by atoms with Crippen molar-refractivity contribution in [2.45, 2.75) is 6.04 Å². The lowest BCUT2D eigenvalue weighted by molar-refractivity contribution is -0.147. The van der Waals surface area contributed by atoms with Crippen LogP contribution in [-0.2, 0) is 9.53 Å². The summed E-state index contributed by atoms with van der Waals surface area (Å²) in [7, 11) is 0. The van der Waals surface area contributed by atoms with Crippen LogP contribution in [0.25, 0.3) is 5.78 Å². The maximum atomic E-state index is 12.4. The van der Waals surface area contributed by atoms with Crippen LogP contribution in [0.3, 0.4) is 0 Å². The number of hydrogen-bond acceptors (Lipinski definition) is 5. The highest BCUT2D eigenvalue weighted by molar-refractivity contribution is 5.95. The lowest BCUT2D eigenvalue weighted by Crippen LogP contribution is -2.52. The zero-order valence-corrected chi connectivity index (χ0v) is 10.5. The Balaban J connectivity index is 1.92. The predicted molar refractivity (Wildman–Crippen MR) is 66.3 cm³/mol. The van der Waals surface area contributed by atoms with E-state index in [0.29, 0.717) is 12.4 Å². The molecule has 0 spiro atoms. The minimum Gasteiger partial charge on any atom is -0.480 e. The molecular weight excluding hydrogens is 264 g/mol. The Kier molecular flexibility index (Phi) is 3.07. The van der Waals surface area contributed by atoms with Crippen molar-refractivity contribution in [2.24, 2.45) is 0 Å². The summed E-state index contributed by atoms with van der Waals surface area (Å²) < 4.78 is 6.72. The van der Waals surface area contributed by atoms with Crippen LogP contribution in [-0.4, -0.2) is 62.1 Å². The Labute approximate surface area is 113 Å². The number of ether oxygens (including phenoxy) is 1. The van der Waals surface area contributed by atoms with E-state index in [0.717, 1.165) is 0 Å². The summed E-state index contributed by atoms with van der Waals surface area (Å²) >= 11 is 0. The van der Waals surface area contributed by atoms with E-state index in [1.165, 1.54) is 4.90 Å². The Morgan fingerprint density at radius 2 is 2.30 bits per heavy atom. The third kappa shape index (κ3) is 2.10. The zero-order chi connectivity index (χ0) is 14.1. The summed E-state index contributed by atoms with van der Waals surface area (Å²) in [5.41, 5.74) is 0.178. The molecule has 1 unspecified atom stereocenters. The Bertz CT molecular complexity index is 635. The topological polar surface area (TPSA) is 97.0 Å². The molecule has 1 atom stereocenters. The van der Waals surface area contributed by atoms with Gasteiger partial charge in [-0.1, -0.05) is 0 Å². The number of morpholine rings is 1. The molecule has 8 heteroatoms. The van der Waals surface area contributed by atoms with Gasteiger partial charge in [0.15, 0.2) is 6.04 Å². The van der Waals surface area contributed by atoms with Crippen molar-refractivity contribution in [3.05, 3.63) is 30.4 Å². The predicted octanol–water partition coefficient (Wildman–Crippen LogP) is -0.345. The molecule has 1 aliphatic rings. The van der Waals surface area contributed by atoms with Gasteiger partial charge in [-0.25, -0.2) is 14.8 Å². The van der Waals surface area contributed by atoms with E-state index < -0.39 is 17.9 Å². The first-order valence-corrected chi connectivity index (χ1v) is 6.08.